The molecule has 0 saturated heterocycles. The summed E-state index contributed by atoms with van der Waals surface area (Å²) in [5, 5.41) is 0. The Bertz CT molecular complexity index is 1680. The van der Waals surface area contributed by atoms with Crippen LogP contribution in [0.4, 0.5) is 0 Å². The van der Waals surface area contributed by atoms with Gasteiger partial charge in [-0.2, -0.15) is 0 Å². The van der Waals surface area contributed by atoms with Gasteiger partial charge in [0.15, 0.2) is 6.10 Å². The third-order valence-electron chi connectivity index (χ3n) is 9.91. The second-order valence-electron chi connectivity index (χ2n) is 16.3. The van der Waals surface area contributed by atoms with Crippen LogP contribution in [0.15, 0.2) is 158 Å². The maximum atomic E-state index is 12.7. The highest BCUT2D eigenvalue weighted by atomic mass is 31.2. The summed E-state index contributed by atoms with van der Waals surface area (Å²) in [6.45, 7) is 3.40. The number of ether oxygens (including phenoxy) is 2. The van der Waals surface area contributed by atoms with Crippen molar-refractivity contribution in [3.63, 3.8) is 0 Å². The van der Waals surface area contributed by atoms with E-state index in [4.69, 9.17) is 24.3 Å². The molecular weight excluding hydrogens is 882 g/mol. The Hall–Kier alpha value is -4.37. The molecule has 0 aliphatic rings. The Labute approximate surface area is 419 Å². The first-order chi connectivity index (χ1) is 33.8. The van der Waals surface area contributed by atoms with Crippen molar-refractivity contribution in [2.75, 3.05) is 26.4 Å². The van der Waals surface area contributed by atoms with Crippen LogP contribution in [0.3, 0.4) is 0 Å². The summed E-state index contributed by atoms with van der Waals surface area (Å²) in [6, 6.07) is 0. The molecule has 2 atom stereocenters. The largest absolute Gasteiger partial charge is 0.472 e. The van der Waals surface area contributed by atoms with Crippen LogP contribution in [0.1, 0.15) is 168 Å². The Morgan fingerprint density at radius 3 is 1.12 bits per heavy atom. The van der Waals surface area contributed by atoms with Gasteiger partial charge in [-0.15, -0.1) is 0 Å². The van der Waals surface area contributed by atoms with Crippen molar-refractivity contribution >= 4 is 19.8 Å². The zero-order valence-electron chi connectivity index (χ0n) is 42.7. The van der Waals surface area contributed by atoms with Gasteiger partial charge in [0, 0.05) is 19.4 Å². The smallest absolute Gasteiger partial charge is 0.462 e. The number of phosphoric ester groups is 1. The average Bonchev–Trinajstić information content (AvgIpc) is 3.34. The van der Waals surface area contributed by atoms with E-state index >= 15 is 0 Å². The molecule has 0 saturated carbocycles. The van der Waals surface area contributed by atoms with E-state index in [1.807, 2.05) is 0 Å². The van der Waals surface area contributed by atoms with Gasteiger partial charge in [0.05, 0.1) is 13.2 Å². The molecule has 386 valence electrons. The van der Waals surface area contributed by atoms with E-state index in [9.17, 15) is 19.0 Å². The number of esters is 2. The molecule has 0 radical (unpaired) electrons. The third kappa shape index (κ3) is 52.8. The fraction of sp³-hybridized carbons (Fsp3) is 0.525. The first kappa shape index (κ1) is 64.6. The number of carbonyl (C=O) groups is 2. The molecule has 0 spiro atoms. The van der Waals surface area contributed by atoms with E-state index in [1.165, 1.54) is 0 Å². The molecule has 0 heterocycles. The number of carbonyl (C=O) groups excluding carboxylic acids is 2. The summed E-state index contributed by atoms with van der Waals surface area (Å²) in [5.74, 6) is -0.912. The first-order valence-corrected chi connectivity index (χ1v) is 27.5. The lowest BCUT2D eigenvalue weighted by molar-refractivity contribution is -0.161. The molecule has 0 bridgehead atoms. The molecule has 10 heteroatoms. The molecule has 3 N–H and O–H groups in total. The van der Waals surface area contributed by atoms with Crippen molar-refractivity contribution in [1.29, 1.82) is 0 Å². The number of unbranched alkanes of at least 4 members (excludes halogenated alkanes) is 7. The van der Waals surface area contributed by atoms with Gasteiger partial charge in [-0.1, -0.05) is 191 Å². The maximum Gasteiger partial charge on any atom is 0.472 e. The fourth-order valence-corrected chi connectivity index (χ4v) is 6.91. The molecular formula is C59H92NO8P. The highest BCUT2D eigenvalue weighted by Crippen LogP contribution is 2.43. The third-order valence-corrected chi connectivity index (χ3v) is 10.9. The van der Waals surface area contributed by atoms with Crippen LogP contribution in [0.25, 0.3) is 0 Å². The van der Waals surface area contributed by atoms with Crippen molar-refractivity contribution in [2.45, 2.75) is 174 Å². The van der Waals surface area contributed by atoms with E-state index < -0.39 is 32.5 Å². The van der Waals surface area contributed by atoms with Gasteiger partial charge in [0.1, 0.15) is 6.61 Å². The molecule has 0 rings (SSSR count). The molecule has 0 aliphatic heterocycles. The van der Waals surface area contributed by atoms with Crippen LogP contribution >= 0.6 is 7.82 Å². The minimum absolute atomic E-state index is 0.0341. The summed E-state index contributed by atoms with van der Waals surface area (Å²) >= 11 is 0. The van der Waals surface area contributed by atoms with Crippen LogP contribution in [0.2, 0.25) is 0 Å². The Kier molecular flexibility index (Phi) is 49.6. The molecule has 0 aliphatic carbocycles. The molecule has 69 heavy (non-hydrogen) atoms. The summed E-state index contributed by atoms with van der Waals surface area (Å²) in [4.78, 5) is 35.0. The van der Waals surface area contributed by atoms with E-state index in [2.05, 4.69) is 172 Å². The quantitative estimate of drug-likeness (QED) is 0.0265. The predicted octanol–water partition coefficient (Wildman–Crippen LogP) is 16.2. The van der Waals surface area contributed by atoms with Gasteiger partial charge in [-0.3, -0.25) is 18.6 Å². The van der Waals surface area contributed by atoms with Crippen molar-refractivity contribution < 1.29 is 37.6 Å². The number of rotatable bonds is 46. The second-order valence-corrected chi connectivity index (χ2v) is 17.7. The Morgan fingerprint density at radius 2 is 0.754 bits per heavy atom. The molecule has 0 aromatic heterocycles. The van der Waals surface area contributed by atoms with E-state index in [0.717, 1.165) is 128 Å². The summed E-state index contributed by atoms with van der Waals surface area (Å²) in [6.07, 6.45) is 77.1. The second kappa shape index (κ2) is 53.0. The summed E-state index contributed by atoms with van der Waals surface area (Å²) < 4.78 is 32.9. The molecule has 0 fully saturated rings. The topological polar surface area (TPSA) is 134 Å². The molecule has 0 amide bonds. The van der Waals surface area contributed by atoms with Gasteiger partial charge in [-0.05, 0) is 122 Å². The van der Waals surface area contributed by atoms with Crippen molar-refractivity contribution in [3.8, 4) is 0 Å². The van der Waals surface area contributed by atoms with E-state index in [-0.39, 0.29) is 32.6 Å². The molecule has 0 aromatic rings. The monoisotopic (exact) mass is 974 g/mol. The van der Waals surface area contributed by atoms with E-state index in [1.54, 1.807) is 0 Å². The number of hydrogen-bond acceptors (Lipinski definition) is 8. The zero-order valence-corrected chi connectivity index (χ0v) is 43.6. The zero-order chi connectivity index (χ0) is 50.2. The predicted molar refractivity (Wildman–Crippen MR) is 293 cm³/mol. The Balaban J connectivity index is 4.20. The SMILES string of the molecule is CC/C=C\C/C=C\C/C=C\C/C=C\C/C=C\C/C=C\C/C=C\C/C=C\C/C=C\CCCCCC(=O)OC(COC(=O)CCCCCC/C=C\C/C=C\C/C=C\C/C=C\CC)COP(=O)(O)OCCN. The van der Waals surface area contributed by atoms with Crippen molar-refractivity contribution in [2.24, 2.45) is 5.73 Å². The number of hydrogen-bond donors (Lipinski definition) is 2. The van der Waals surface area contributed by atoms with E-state index in [0.29, 0.717) is 12.8 Å². The normalized spacial score (nSPS) is 14.4. The standard InChI is InChI=1S/C59H92NO8P/c1-3-5-7-9-11-13-15-17-19-21-22-23-24-25-26-27-28-29-30-31-32-33-34-36-38-40-42-44-46-48-50-52-59(62)68-57(56-67-69(63,64)66-54-53-60)55-65-58(61)51-49-47-45-43-41-39-37-35-20-18-16-14-12-10-8-6-4-2/h5-8,11-14,17-20,22-23,25-26,28-29,31-32,34,36-37,39-40,42,57H,3-4,9-10,15-16,21,24,27,30,33,35,38,41,43-56,60H2,1-2H3,(H,63,64)/b7-5-,8-6-,13-11-,14-12-,19-17-,20-18-,23-22-,26-25-,29-28-,32-31-,36-34-,39-37-,42-40-. The lowest BCUT2D eigenvalue weighted by Crippen LogP contribution is -2.29. The summed E-state index contributed by atoms with van der Waals surface area (Å²) in [5.41, 5.74) is 5.36. The fourth-order valence-electron chi connectivity index (χ4n) is 6.15. The van der Waals surface area contributed by atoms with Crippen LogP contribution < -0.4 is 5.73 Å². The van der Waals surface area contributed by atoms with Gasteiger partial charge in [0.25, 0.3) is 0 Å². The van der Waals surface area contributed by atoms with Crippen LogP contribution in [-0.4, -0.2) is 49.3 Å². The summed E-state index contributed by atoms with van der Waals surface area (Å²) in [7, 11) is -4.41. The van der Waals surface area contributed by atoms with Gasteiger partial charge < -0.3 is 20.1 Å². The molecule has 2 unspecified atom stereocenters. The van der Waals surface area contributed by atoms with Gasteiger partial charge in [-0.25, -0.2) is 4.57 Å². The van der Waals surface area contributed by atoms with Gasteiger partial charge >= 0.3 is 19.8 Å². The van der Waals surface area contributed by atoms with Crippen molar-refractivity contribution in [1.82, 2.24) is 0 Å². The van der Waals surface area contributed by atoms with Crippen LogP contribution in [0, 0.1) is 0 Å². The average molecular weight is 974 g/mol. The minimum atomic E-state index is -4.41. The highest BCUT2D eigenvalue weighted by molar-refractivity contribution is 7.47. The molecule has 0 aromatic carbocycles. The first-order valence-electron chi connectivity index (χ1n) is 26.0. The number of nitrogens with two attached hydrogens (primary N) is 1. The lowest BCUT2D eigenvalue weighted by Gasteiger charge is -2.19. The van der Waals surface area contributed by atoms with Crippen molar-refractivity contribution in [3.05, 3.63) is 158 Å². The van der Waals surface area contributed by atoms with Gasteiger partial charge in [0.2, 0.25) is 0 Å². The van der Waals surface area contributed by atoms with Crippen LogP contribution in [-0.2, 0) is 32.7 Å². The minimum Gasteiger partial charge on any atom is -0.462 e. The molecule has 9 nitrogen and oxygen atoms in total. The number of phosphoric acid groups is 1. The maximum absolute atomic E-state index is 12.7. The Morgan fingerprint density at radius 1 is 0.435 bits per heavy atom. The highest BCUT2D eigenvalue weighted by Gasteiger charge is 2.26. The lowest BCUT2D eigenvalue weighted by atomic mass is 10.1. The number of allylic oxidation sites excluding steroid dienone is 26. The van der Waals surface area contributed by atoms with Crippen LogP contribution in [0.5, 0.6) is 0 Å².